The first-order chi connectivity index (χ1) is 7.18. The molecule has 1 atom stereocenters. The van der Waals surface area contributed by atoms with E-state index in [1.165, 1.54) is 30.6 Å². The molecule has 1 fully saturated rings. The van der Waals surface area contributed by atoms with Crippen LogP contribution < -0.4 is 5.32 Å². The maximum atomic E-state index is 11.9. The molecule has 82 valence electrons. The molecule has 1 aromatic rings. The van der Waals surface area contributed by atoms with E-state index in [1.54, 1.807) is 0 Å². The highest BCUT2D eigenvalue weighted by molar-refractivity contribution is 9.10. The number of halogens is 1. The normalized spacial score (nSPS) is 18.3. The molecule has 15 heavy (non-hydrogen) atoms. The second-order valence-corrected chi connectivity index (χ2v) is 5.82. The van der Waals surface area contributed by atoms with Crippen LogP contribution in [-0.2, 0) is 0 Å². The summed E-state index contributed by atoms with van der Waals surface area (Å²) in [6.45, 7) is 2.10. The van der Waals surface area contributed by atoms with Gasteiger partial charge < -0.3 is 5.32 Å². The molecule has 0 aliphatic heterocycles. The van der Waals surface area contributed by atoms with Gasteiger partial charge in [-0.3, -0.25) is 4.79 Å². The van der Waals surface area contributed by atoms with E-state index in [9.17, 15) is 4.79 Å². The second-order valence-electron chi connectivity index (χ2n) is 4.05. The quantitative estimate of drug-likeness (QED) is 0.907. The number of carbonyl (C=O) groups is 1. The third-order valence-electron chi connectivity index (χ3n) is 3.04. The number of thiophene rings is 1. The molecule has 0 saturated heterocycles. The Morgan fingerprint density at radius 2 is 2.40 bits per heavy atom. The molecule has 0 radical (unpaired) electrons. The summed E-state index contributed by atoms with van der Waals surface area (Å²) in [5.41, 5.74) is 0. The van der Waals surface area contributed by atoms with Gasteiger partial charge in [-0.25, -0.2) is 0 Å². The Morgan fingerprint density at radius 1 is 1.67 bits per heavy atom. The van der Waals surface area contributed by atoms with E-state index in [0.717, 1.165) is 9.35 Å². The fraction of sp³-hybridized carbons (Fsp3) is 0.545. The van der Waals surface area contributed by atoms with Crippen LogP contribution in [0.3, 0.4) is 0 Å². The summed E-state index contributed by atoms with van der Waals surface area (Å²) in [5.74, 6) is 0.740. The minimum absolute atomic E-state index is 0.0521. The first-order valence-electron chi connectivity index (χ1n) is 5.22. The molecule has 1 saturated carbocycles. The molecule has 4 heteroatoms. The van der Waals surface area contributed by atoms with E-state index >= 15 is 0 Å². The maximum absolute atomic E-state index is 11.9. The van der Waals surface area contributed by atoms with Gasteiger partial charge in [-0.05, 0) is 53.1 Å². The summed E-state index contributed by atoms with van der Waals surface area (Å²) in [5, 5.41) is 4.99. The van der Waals surface area contributed by atoms with Crippen LogP contribution in [0.5, 0.6) is 0 Å². The van der Waals surface area contributed by atoms with Crippen LogP contribution in [0.2, 0.25) is 0 Å². The van der Waals surface area contributed by atoms with Crippen molar-refractivity contribution in [3.63, 3.8) is 0 Å². The molecule has 2 nitrogen and oxygen atoms in total. The van der Waals surface area contributed by atoms with Gasteiger partial charge >= 0.3 is 0 Å². The van der Waals surface area contributed by atoms with Crippen molar-refractivity contribution < 1.29 is 4.79 Å². The Hall–Kier alpha value is -0.350. The van der Waals surface area contributed by atoms with Gasteiger partial charge in [-0.15, -0.1) is 11.3 Å². The van der Waals surface area contributed by atoms with Crippen molar-refractivity contribution in [1.29, 1.82) is 0 Å². The molecule has 0 bridgehead atoms. The monoisotopic (exact) mass is 287 g/mol. The van der Waals surface area contributed by atoms with Gasteiger partial charge in [0.15, 0.2) is 0 Å². The molecule has 2 rings (SSSR count). The zero-order chi connectivity index (χ0) is 10.8. The van der Waals surface area contributed by atoms with Gasteiger partial charge in [0.2, 0.25) is 0 Å². The number of rotatable bonds is 3. The molecule has 1 aliphatic rings. The number of hydrogen-bond donors (Lipinski definition) is 1. The van der Waals surface area contributed by atoms with Crippen molar-refractivity contribution in [2.24, 2.45) is 5.92 Å². The summed E-state index contributed by atoms with van der Waals surface area (Å²) in [7, 11) is 0. The number of carbonyl (C=O) groups excluding carboxylic acids is 1. The van der Waals surface area contributed by atoms with Crippen LogP contribution in [0.25, 0.3) is 0 Å². The molecular weight excluding hydrogens is 274 g/mol. The van der Waals surface area contributed by atoms with Crippen LogP contribution in [0.4, 0.5) is 0 Å². The van der Waals surface area contributed by atoms with Crippen molar-refractivity contribution in [3.05, 3.63) is 20.8 Å². The molecule has 0 spiro atoms. The Bertz CT molecular complexity index is 359. The highest BCUT2D eigenvalue weighted by Crippen LogP contribution is 2.30. The van der Waals surface area contributed by atoms with Crippen molar-refractivity contribution in [3.8, 4) is 0 Å². The summed E-state index contributed by atoms with van der Waals surface area (Å²) in [6.07, 6.45) is 3.83. The van der Waals surface area contributed by atoms with Crippen molar-refractivity contribution >= 4 is 33.2 Å². The summed E-state index contributed by atoms with van der Waals surface area (Å²) in [6, 6.07) is 2.22. The maximum Gasteiger partial charge on any atom is 0.262 e. The predicted molar refractivity (Wildman–Crippen MR) is 66.3 cm³/mol. The van der Waals surface area contributed by atoms with Gasteiger partial charge in [-0.1, -0.05) is 6.42 Å². The van der Waals surface area contributed by atoms with Crippen LogP contribution in [-0.4, -0.2) is 11.9 Å². The third-order valence-corrected chi connectivity index (χ3v) is 4.88. The average molecular weight is 288 g/mol. The van der Waals surface area contributed by atoms with Crippen LogP contribution in [0, 0.1) is 5.92 Å². The Morgan fingerprint density at radius 3 is 2.87 bits per heavy atom. The number of nitrogens with one attached hydrogen (secondary N) is 1. The van der Waals surface area contributed by atoms with E-state index < -0.39 is 0 Å². The SMILES string of the molecule is CC(NC(=O)c1sccc1Br)C1CCC1. The lowest BCUT2D eigenvalue weighted by Gasteiger charge is -2.31. The Balaban J connectivity index is 1.94. The van der Waals surface area contributed by atoms with Crippen molar-refractivity contribution in [2.45, 2.75) is 32.2 Å². The number of amides is 1. The van der Waals surface area contributed by atoms with E-state index in [4.69, 9.17) is 0 Å². The lowest BCUT2D eigenvalue weighted by molar-refractivity contribution is 0.0913. The fourth-order valence-electron chi connectivity index (χ4n) is 1.79. The van der Waals surface area contributed by atoms with Gasteiger partial charge in [0.25, 0.3) is 5.91 Å². The highest BCUT2D eigenvalue weighted by Gasteiger charge is 2.25. The van der Waals surface area contributed by atoms with Crippen molar-refractivity contribution in [1.82, 2.24) is 5.32 Å². The average Bonchev–Trinajstić information content (AvgIpc) is 2.47. The van der Waals surface area contributed by atoms with Gasteiger partial charge in [0, 0.05) is 10.5 Å². The molecule has 1 heterocycles. The Labute approximate surface area is 102 Å². The Kier molecular flexibility index (Phi) is 3.46. The standard InChI is InChI=1S/C11H14BrNOS/c1-7(8-3-2-4-8)13-11(14)10-9(12)5-6-15-10/h5-8H,2-4H2,1H3,(H,13,14). The molecule has 1 aromatic heterocycles. The zero-order valence-corrected chi connectivity index (χ0v) is 11.0. The summed E-state index contributed by atoms with van der Waals surface area (Å²) < 4.78 is 0.894. The third kappa shape index (κ3) is 2.42. The lowest BCUT2D eigenvalue weighted by atomic mass is 9.80. The lowest BCUT2D eigenvalue weighted by Crippen LogP contribution is -2.40. The van der Waals surface area contributed by atoms with Crippen molar-refractivity contribution in [2.75, 3.05) is 0 Å². The first kappa shape index (κ1) is 11.1. The van der Waals surface area contributed by atoms with Gasteiger partial charge in [-0.2, -0.15) is 0 Å². The van der Waals surface area contributed by atoms with E-state index in [0.29, 0.717) is 12.0 Å². The largest absolute Gasteiger partial charge is 0.349 e. The number of hydrogen-bond acceptors (Lipinski definition) is 2. The molecule has 1 amide bonds. The van der Waals surface area contributed by atoms with Gasteiger partial charge in [0.05, 0.1) is 0 Å². The summed E-state index contributed by atoms with van der Waals surface area (Å²) >= 11 is 4.85. The van der Waals surface area contributed by atoms with Crippen LogP contribution >= 0.6 is 27.3 Å². The molecule has 0 aromatic carbocycles. The highest BCUT2D eigenvalue weighted by atomic mass is 79.9. The zero-order valence-electron chi connectivity index (χ0n) is 8.63. The van der Waals surface area contributed by atoms with E-state index in [1.807, 2.05) is 11.4 Å². The fourth-order valence-corrected chi connectivity index (χ4v) is 3.24. The van der Waals surface area contributed by atoms with Crippen LogP contribution in [0.15, 0.2) is 15.9 Å². The molecule has 1 aliphatic carbocycles. The van der Waals surface area contributed by atoms with Gasteiger partial charge in [0.1, 0.15) is 4.88 Å². The second kappa shape index (κ2) is 4.66. The minimum atomic E-state index is 0.0521. The topological polar surface area (TPSA) is 29.1 Å². The summed E-state index contributed by atoms with van der Waals surface area (Å²) in [4.78, 5) is 12.6. The first-order valence-corrected chi connectivity index (χ1v) is 6.89. The molecule has 1 N–H and O–H groups in total. The molecular formula is C11H14BrNOS. The van der Waals surface area contributed by atoms with Crippen LogP contribution in [0.1, 0.15) is 35.9 Å². The van der Waals surface area contributed by atoms with E-state index in [-0.39, 0.29) is 5.91 Å². The van der Waals surface area contributed by atoms with E-state index in [2.05, 4.69) is 28.2 Å². The predicted octanol–water partition coefficient (Wildman–Crippen LogP) is 3.43. The minimum Gasteiger partial charge on any atom is -0.349 e. The smallest absolute Gasteiger partial charge is 0.262 e. The molecule has 1 unspecified atom stereocenters.